The third-order valence-electron chi connectivity index (χ3n) is 4.42. The van der Waals surface area contributed by atoms with E-state index in [0.717, 1.165) is 0 Å². The molecule has 2 atom stereocenters. The van der Waals surface area contributed by atoms with Crippen molar-refractivity contribution >= 4 is 11.8 Å². The van der Waals surface area contributed by atoms with E-state index in [1.165, 1.54) is 20.7 Å². The quantitative estimate of drug-likeness (QED) is 0.769. The average molecular weight is 363 g/mol. The summed E-state index contributed by atoms with van der Waals surface area (Å²) < 4.78 is 17.1. The normalized spacial score (nSPS) is 19.8. The lowest BCUT2D eigenvalue weighted by atomic mass is 10.2. The minimum absolute atomic E-state index is 0.0383. The van der Waals surface area contributed by atoms with Crippen LogP contribution in [0.2, 0.25) is 0 Å². The Balaban J connectivity index is 1.76. The highest BCUT2D eigenvalue weighted by molar-refractivity contribution is 5.93. The summed E-state index contributed by atoms with van der Waals surface area (Å²) in [5.74, 6) is -0.509. The second kappa shape index (κ2) is 7.22. The number of aryl methyl sites for hydroxylation is 1. The molecule has 1 aliphatic heterocycles. The fraction of sp³-hybridized carbons (Fsp3) is 0.562. The fourth-order valence-corrected chi connectivity index (χ4v) is 3.13. The molecule has 0 unspecified atom stereocenters. The number of amides is 2. The van der Waals surface area contributed by atoms with Gasteiger partial charge in [-0.2, -0.15) is 5.10 Å². The van der Waals surface area contributed by atoms with Crippen LogP contribution in [0.4, 0.5) is 4.39 Å². The molecule has 0 bridgehead atoms. The van der Waals surface area contributed by atoms with Crippen molar-refractivity contribution in [2.75, 3.05) is 20.6 Å². The molecular weight excluding hydrogens is 341 g/mol. The summed E-state index contributed by atoms with van der Waals surface area (Å²) in [7, 11) is 3.26. The zero-order valence-electron chi connectivity index (χ0n) is 15.0. The van der Waals surface area contributed by atoms with Gasteiger partial charge in [0, 0.05) is 33.3 Å². The van der Waals surface area contributed by atoms with Crippen molar-refractivity contribution in [3.8, 4) is 0 Å². The number of hydrogen-bond donors (Lipinski definition) is 0. The van der Waals surface area contributed by atoms with Crippen LogP contribution in [0.5, 0.6) is 0 Å². The third-order valence-corrected chi connectivity index (χ3v) is 4.42. The van der Waals surface area contributed by atoms with Crippen molar-refractivity contribution in [3.05, 3.63) is 29.8 Å². The van der Waals surface area contributed by atoms with Crippen LogP contribution in [0.25, 0.3) is 0 Å². The highest BCUT2D eigenvalue weighted by Crippen LogP contribution is 2.24. The van der Waals surface area contributed by atoms with Gasteiger partial charge in [-0.15, -0.1) is 5.10 Å². The van der Waals surface area contributed by atoms with E-state index >= 15 is 0 Å². The summed E-state index contributed by atoms with van der Waals surface area (Å²) in [5.41, 5.74) is 0.653. The Kier molecular flexibility index (Phi) is 5.01. The van der Waals surface area contributed by atoms with E-state index in [1.54, 1.807) is 31.0 Å². The lowest BCUT2D eigenvalue weighted by molar-refractivity contribution is 0.0701. The topological polar surface area (TPSA) is 89.2 Å². The van der Waals surface area contributed by atoms with Crippen molar-refractivity contribution < 1.29 is 14.0 Å². The van der Waals surface area contributed by atoms with Crippen molar-refractivity contribution in [2.45, 2.75) is 38.6 Å². The third kappa shape index (κ3) is 3.44. The second-order valence-corrected chi connectivity index (χ2v) is 6.50. The number of nitrogens with zero attached hydrogens (tertiary/aromatic N) is 7. The van der Waals surface area contributed by atoms with Gasteiger partial charge >= 0.3 is 0 Å². The van der Waals surface area contributed by atoms with Crippen LogP contribution in [-0.4, -0.2) is 79.2 Å². The van der Waals surface area contributed by atoms with Crippen LogP contribution in [0.3, 0.4) is 0 Å². The van der Waals surface area contributed by atoms with Gasteiger partial charge < -0.3 is 9.80 Å². The smallest absolute Gasteiger partial charge is 0.275 e. The number of aromatic nitrogens is 5. The first-order chi connectivity index (χ1) is 12.4. The Morgan fingerprint density at radius 1 is 1.38 bits per heavy atom. The molecule has 1 fully saturated rings. The van der Waals surface area contributed by atoms with Crippen LogP contribution in [-0.2, 0) is 13.1 Å². The molecule has 2 amide bonds. The van der Waals surface area contributed by atoms with Gasteiger partial charge in [0.25, 0.3) is 11.8 Å². The molecule has 0 saturated carbocycles. The standard InChI is InChI=1S/C16H22FN7O2/c1-4-24-14(5-6-18-24)16(26)23-8-11(17)7-12(23)9-22-10-13(19-20-22)15(25)21(2)3/h5-6,10-12H,4,7-9H2,1-3H3/t11-,12-/m0/s1. The largest absolute Gasteiger partial charge is 0.343 e. The molecular formula is C16H22FN7O2. The van der Waals surface area contributed by atoms with Crippen LogP contribution >= 0.6 is 0 Å². The lowest BCUT2D eigenvalue weighted by Gasteiger charge is -2.24. The maximum absolute atomic E-state index is 14.0. The minimum Gasteiger partial charge on any atom is -0.343 e. The van der Waals surface area contributed by atoms with Crippen LogP contribution < -0.4 is 0 Å². The molecule has 3 rings (SSSR count). The Bertz CT molecular complexity index is 800. The van der Waals surface area contributed by atoms with Gasteiger partial charge in [-0.1, -0.05) is 5.21 Å². The van der Waals surface area contributed by atoms with Gasteiger partial charge in [-0.25, -0.2) is 9.07 Å². The molecule has 0 aliphatic carbocycles. The van der Waals surface area contributed by atoms with Crippen LogP contribution in [0.15, 0.2) is 18.5 Å². The van der Waals surface area contributed by atoms with E-state index < -0.39 is 6.17 Å². The number of alkyl halides is 1. The van der Waals surface area contributed by atoms with Crippen LogP contribution in [0, 0.1) is 0 Å². The number of carbonyl (C=O) groups is 2. The first-order valence-electron chi connectivity index (χ1n) is 8.49. The van der Waals surface area contributed by atoms with Crippen LogP contribution in [0.1, 0.15) is 34.3 Å². The molecule has 0 aromatic carbocycles. The summed E-state index contributed by atoms with van der Waals surface area (Å²) in [6.07, 6.45) is 2.22. The molecule has 0 N–H and O–H groups in total. The first-order valence-corrected chi connectivity index (χ1v) is 8.49. The number of likely N-dealkylation sites (tertiary alicyclic amines) is 1. The van der Waals surface area contributed by atoms with Gasteiger partial charge in [0.15, 0.2) is 5.69 Å². The number of rotatable bonds is 5. The van der Waals surface area contributed by atoms with E-state index in [2.05, 4.69) is 15.4 Å². The Labute approximate surface area is 150 Å². The monoisotopic (exact) mass is 363 g/mol. The summed E-state index contributed by atoms with van der Waals surface area (Å²) in [6.45, 7) is 2.77. The molecule has 26 heavy (non-hydrogen) atoms. The number of hydrogen-bond acceptors (Lipinski definition) is 5. The highest BCUT2D eigenvalue weighted by atomic mass is 19.1. The highest BCUT2D eigenvalue weighted by Gasteiger charge is 2.37. The maximum atomic E-state index is 14.0. The lowest BCUT2D eigenvalue weighted by Crippen LogP contribution is -2.39. The Morgan fingerprint density at radius 3 is 2.85 bits per heavy atom. The second-order valence-electron chi connectivity index (χ2n) is 6.50. The molecule has 140 valence electrons. The fourth-order valence-electron chi connectivity index (χ4n) is 3.13. The summed E-state index contributed by atoms with van der Waals surface area (Å²) in [4.78, 5) is 27.7. The van der Waals surface area contributed by atoms with Gasteiger partial charge in [0.1, 0.15) is 11.9 Å². The van der Waals surface area contributed by atoms with Gasteiger partial charge in [-0.3, -0.25) is 14.3 Å². The summed E-state index contributed by atoms with van der Waals surface area (Å²) >= 11 is 0. The Morgan fingerprint density at radius 2 is 2.15 bits per heavy atom. The van der Waals surface area contributed by atoms with Gasteiger partial charge in [-0.05, 0) is 13.0 Å². The van der Waals surface area contributed by atoms with E-state index in [4.69, 9.17) is 0 Å². The molecule has 3 heterocycles. The Hall–Kier alpha value is -2.78. The van der Waals surface area contributed by atoms with Gasteiger partial charge in [0.2, 0.25) is 0 Å². The zero-order valence-corrected chi connectivity index (χ0v) is 15.0. The number of halogens is 1. The average Bonchev–Trinajstić information content (AvgIpc) is 3.33. The predicted octanol–water partition coefficient (Wildman–Crippen LogP) is 0.449. The van der Waals surface area contributed by atoms with E-state index in [0.29, 0.717) is 12.2 Å². The van der Waals surface area contributed by atoms with Crippen molar-refractivity contribution in [1.29, 1.82) is 0 Å². The van der Waals surface area contributed by atoms with Crippen molar-refractivity contribution in [3.63, 3.8) is 0 Å². The molecule has 9 nitrogen and oxygen atoms in total. The molecule has 1 saturated heterocycles. The molecule has 1 aliphatic rings. The predicted molar refractivity (Wildman–Crippen MR) is 90.3 cm³/mol. The zero-order chi connectivity index (χ0) is 18.8. The maximum Gasteiger partial charge on any atom is 0.275 e. The van der Waals surface area contributed by atoms with E-state index in [1.807, 2.05) is 6.92 Å². The summed E-state index contributed by atoms with van der Waals surface area (Å²) in [5, 5.41) is 11.9. The van der Waals surface area contributed by atoms with Crippen molar-refractivity contribution in [2.24, 2.45) is 0 Å². The SMILES string of the molecule is CCn1nccc1C(=O)N1C[C@@H](F)C[C@H]1Cn1cc(C(=O)N(C)C)nn1. The van der Waals surface area contributed by atoms with E-state index in [9.17, 15) is 14.0 Å². The molecule has 2 aromatic rings. The first kappa shape index (κ1) is 18.0. The van der Waals surface area contributed by atoms with Gasteiger partial charge in [0.05, 0.1) is 25.3 Å². The number of carbonyl (C=O) groups excluding carboxylic acids is 2. The van der Waals surface area contributed by atoms with E-state index in [-0.39, 0.29) is 43.1 Å². The summed E-state index contributed by atoms with van der Waals surface area (Å²) in [6, 6.07) is 1.28. The molecule has 0 radical (unpaired) electrons. The molecule has 0 spiro atoms. The van der Waals surface area contributed by atoms with Crippen molar-refractivity contribution in [1.82, 2.24) is 34.6 Å². The molecule has 2 aromatic heterocycles. The minimum atomic E-state index is -1.09. The molecule has 10 heteroatoms.